The Morgan fingerprint density at radius 1 is 1.24 bits per heavy atom. The average molecular weight is 393 g/mol. The number of halogens is 1. The maximum absolute atomic E-state index is 13.9. The van der Waals surface area contributed by atoms with Gasteiger partial charge >= 0.3 is 0 Å². The van der Waals surface area contributed by atoms with Gasteiger partial charge in [-0.2, -0.15) is 5.26 Å². The van der Waals surface area contributed by atoms with E-state index in [-0.39, 0.29) is 17.6 Å². The number of fused-ring (bicyclic) bond motifs is 1. The first-order valence-electron chi connectivity index (χ1n) is 9.30. The standard InChI is InChI=1S/C22H20FN3O3/c1-27-16-5-6-18-19(10-16)21(14-3-2-4-15(23)9-14)20(11-24)26-22(18)25-12-17-13-28-7-8-29-17/h2-6,9-10,17H,7-8,12-13H2,1H3,(H,25,26)/t17-/m1/s1. The molecule has 0 spiro atoms. The highest BCUT2D eigenvalue weighted by molar-refractivity contribution is 6.04. The number of methoxy groups -OCH3 is 1. The number of aromatic nitrogens is 1. The molecule has 0 amide bonds. The first-order valence-corrected chi connectivity index (χ1v) is 9.30. The Bertz CT molecular complexity index is 1070. The van der Waals surface area contributed by atoms with Gasteiger partial charge in [-0.1, -0.05) is 12.1 Å². The van der Waals surface area contributed by atoms with Crippen LogP contribution < -0.4 is 10.1 Å². The topological polar surface area (TPSA) is 76.4 Å². The number of hydrogen-bond donors (Lipinski definition) is 1. The third-order valence-electron chi connectivity index (χ3n) is 4.81. The van der Waals surface area contributed by atoms with E-state index in [0.717, 1.165) is 10.8 Å². The molecule has 7 heteroatoms. The summed E-state index contributed by atoms with van der Waals surface area (Å²) in [5, 5.41) is 14.6. The monoisotopic (exact) mass is 393 g/mol. The Hall–Kier alpha value is -3.21. The van der Waals surface area contributed by atoms with E-state index < -0.39 is 0 Å². The van der Waals surface area contributed by atoms with Crippen LogP contribution in [-0.2, 0) is 9.47 Å². The molecule has 1 saturated heterocycles. The number of pyridine rings is 1. The third kappa shape index (κ3) is 3.99. The molecule has 0 bridgehead atoms. The highest BCUT2D eigenvalue weighted by Gasteiger charge is 2.19. The Balaban J connectivity index is 1.83. The first-order chi connectivity index (χ1) is 14.2. The Labute approximate surface area is 167 Å². The molecule has 0 radical (unpaired) electrons. The lowest BCUT2D eigenvalue weighted by Crippen LogP contribution is -2.34. The van der Waals surface area contributed by atoms with Crippen molar-refractivity contribution >= 4 is 16.6 Å². The van der Waals surface area contributed by atoms with Gasteiger partial charge in [-0.05, 0) is 41.3 Å². The van der Waals surface area contributed by atoms with Gasteiger partial charge in [0.1, 0.15) is 23.5 Å². The normalized spacial score (nSPS) is 16.4. The SMILES string of the molecule is COc1ccc2c(NC[C@@H]3COCCO3)nc(C#N)c(-c3cccc(F)c3)c2c1. The molecule has 0 saturated carbocycles. The summed E-state index contributed by atoms with van der Waals surface area (Å²) in [5.74, 6) is 0.827. The van der Waals surface area contributed by atoms with Crippen LogP contribution in [0.5, 0.6) is 5.75 Å². The number of benzene rings is 2. The van der Waals surface area contributed by atoms with Crippen molar-refractivity contribution < 1.29 is 18.6 Å². The minimum atomic E-state index is -0.376. The lowest BCUT2D eigenvalue weighted by atomic mass is 9.96. The maximum Gasteiger partial charge on any atom is 0.151 e. The summed E-state index contributed by atoms with van der Waals surface area (Å²) in [4.78, 5) is 4.53. The van der Waals surface area contributed by atoms with Gasteiger partial charge in [-0.15, -0.1) is 0 Å². The van der Waals surface area contributed by atoms with Crippen molar-refractivity contribution in [3.63, 3.8) is 0 Å². The van der Waals surface area contributed by atoms with Crippen LogP contribution in [0.15, 0.2) is 42.5 Å². The van der Waals surface area contributed by atoms with E-state index in [2.05, 4.69) is 16.4 Å². The summed E-state index contributed by atoms with van der Waals surface area (Å²) in [6.45, 7) is 2.15. The first kappa shape index (κ1) is 19.1. The lowest BCUT2D eigenvalue weighted by molar-refractivity contribution is -0.0819. The second kappa shape index (κ2) is 8.43. The zero-order valence-electron chi connectivity index (χ0n) is 15.9. The summed E-state index contributed by atoms with van der Waals surface area (Å²) in [6, 6.07) is 13.8. The molecule has 1 fully saturated rings. The minimum Gasteiger partial charge on any atom is -0.497 e. The van der Waals surface area contributed by atoms with Crippen molar-refractivity contribution in [3.05, 3.63) is 54.0 Å². The van der Waals surface area contributed by atoms with Crippen LogP contribution in [0.4, 0.5) is 10.2 Å². The van der Waals surface area contributed by atoms with E-state index in [1.165, 1.54) is 12.1 Å². The number of nitriles is 1. The van der Waals surface area contributed by atoms with Gasteiger partial charge in [0.2, 0.25) is 0 Å². The summed E-state index contributed by atoms with van der Waals surface area (Å²) in [6.07, 6.45) is -0.0905. The van der Waals surface area contributed by atoms with Gasteiger partial charge < -0.3 is 19.5 Å². The zero-order chi connectivity index (χ0) is 20.2. The van der Waals surface area contributed by atoms with Crippen molar-refractivity contribution in [3.8, 4) is 22.9 Å². The van der Waals surface area contributed by atoms with Gasteiger partial charge in [0.25, 0.3) is 0 Å². The second-order valence-corrected chi connectivity index (χ2v) is 6.67. The highest BCUT2D eigenvalue weighted by Crippen LogP contribution is 2.36. The molecule has 148 valence electrons. The van der Waals surface area contributed by atoms with E-state index in [1.807, 2.05) is 18.2 Å². The maximum atomic E-state index is 13.9. The Morgan fingerprint density at radius 2 is 2.14 bits per heavy atom. The molecule has 1 aromatic heterocycles. The molecule has 6 nitrogen and oxygen atoms in total. The minimum absolute atomic E-state index is 0.0905. The molecule has 0 aliphatic carbocycles. The van der Waals surface area contributed by atoms with Crippen LogP contribution >= 0.6 is 0 Å². The van der Waals surface area contributed by atoms with Crippen LogP contribution in [0.2, 0.25) is 0 Å². The number of rotatable bonds is 5. The number of ether oxygens (including phenoxy) is 3. The van der Waals surface area contributed by atoms with Crippen molar-refractivity contribution in [2.45, 2.75) is 6.10 Å². The third-order valence-corrected chi connectivity index (χ3v) is 4.81. The van der Waals surface area contributed by atoms with Crippen LogP contribution in [0.25, 0.3) is 21.9 Å². The molecule has 3 aromatic rings. The summed E-state index contributed by atoms with van der Waals surface area (Å²) < 4.78 is 30.3. The largest absolute Gasteiger partial charge is 0.497 e. The van der Waals surface area contributed by atoms with Gasteiger partial charge in [-0.3, -0.25) is 0 Å². The summed E-state index contributed by atoms with van der Waals surface area (Å²) >= 11 is 0. The molecule has 0 unspecified atom stereocenters. The lowest BCUT2D eigenvalue weighted by Gasteiger charge is -2.24. The fourth-order valence-electron chi connectivity index (χ4n) is 3.44. The van der Waals surface area contributed by atoms with E-state index in [4.69, 9.17) is 14.2 Å². The molecule has 1 aliphatic heterocycles. The van der Waals surface area contributed by atoms with E-state index in [1.54, 1.807) is 19.2 Å². The molecule has 29 heavy (non-hydrogen) atoms. The zero-order valence-corrected chi connectivity index (χ0v) is 15.9. The molecule has 2 heterocycles. The van der Waals surface area contributed by atoms with Crippen LogP contribution in [0.1, 0.15) is 5.69 Å². The number of anilines is 1. The molecule has 1 aliphatic rings. The van der Waals surface area contributed by atoms with Gasteiger partial charge in [-0.25, -0.2) is 9.37 Å². The summed E-state index contributed by atoms with van der Waals surface area (Å²) in [5.41, 5.74) is 1.37. The van der Waals surface area contributed by atoms with Gasteiger partial charge in [0.05, 0.1) is 33.0 Å². The second-order valence-electron chi connectivity index (χ2n) is 6.67. The quantitative estimate of drug-likeness (QED) is 0.712. The molecule has 4 rings (SSSR count). The summed E-state index contributed by atoms with van der Waals surface area (Å²) in [7, 11) is 1.58. The smallest absolute Gasteiger partial charge is 0.151 e. The van der Waals surface area contributed by atoms with Crippen LogP contribution in [-0.4, -0.2) is 44.6 Å². The van der Waals surface area contributed by atoms with Crippen molar-refractivity contribution in [2.75, 3.05) is 38.8 Å². The van der Waals surface area contributed by atoms with Crippen molar-refractivity contribution in [2.24, 2.45) is 0 Å². The number of nitrogens with zero attached hydrogens (tertiary/aromatic N) is 2. The highest BCUT2D eigenvalue weighted by atomic mass is 19.1. The van der Waals surface area contributed by atoms with Crippen LogP contribution in [0, 0.1) is 17.1 Å². The van der Waals surface area contributed by atoms with Gasteiger partial charge in [0.15, 0.2) is 5.69 Å². The van der Waals surface area contributed by atoms with Gasteiger partial charge in [0, 0.05) is 17.5 Å². The number of nitrogens with one attached hydrogen (secondary N) is 1. The van der Waals surface area contributed by atoms with E-state index in [0.29, 0.717) is 49.1 Å². The fourth-order valence-corrected chi connectivity index (χ4v) is 3.44. The number of hydrogen-bond acceptors (Lipinski definition) is 6. The van der Waals surface area contributed by atoms with Crippen molar-refractivity contribution in [1.82, 2.24) is 4.98 Å². The Kier molecular flexibility index (Phi) is 5.56. The predicted molar refractivity (Wildman–Crippen MR) is 107 cm³/mol. The van der Waals surface area contributed by atoms with E-state index in [9.17, 15) is 9.65 Å². The Morgan fingerprint density at radius 3 is 2.86 bits per heavy atom. The molecule has 1 N–H and O–H groups in total. The fraction of sp³-hybridized carbons (Fsp3) is 0.273. The molecular formula is C22H20FN3O3. The predicted octanol–water partition coefficient (Wildman–Crippen LogP) is 3.75. The van der Waals surface area contributed by atoms with Crippen molar-refractivity contribution in [1.29, 1.82) is 5.26 Å². The van der Waals surface area contributed by atoms with Crippen LogP contribution in [0.3, 0.4) is 0 Å². The molecular weight excluding hydrogens is 373 g/mol. The molecule has 1 atom stereocenters. The molecule has 2 aromatic carbocycles. The van der Waals surface area contributed by atoms with E-state index >= 15 is 0 Å². The average Bonchev–Trinajstić information content (AvgIpc) is 2.77.